The first-order chi connectivity index (χ1) is 8.04. The van der Waals surface area contributed by atoms with E-state index in [1.165, 1.54) is 6.92 Å². The van der Waals surface area contributed by atoms with Gasteiger partial charge in [0, 0.05) is 32.9 Å². The van der Waals surface area contributed by atoms with Gasteiger partial charge in [0.05, 0.1) is 0 Å². The molecule has 1 heterocycles. The molecule has 2 amide bonds. The van der Waals surface area contributed by atoms with E-state index in [1.54, 1.807) is 4.90 Å². The molecule has 0 saturated carbocycles. The molecule has 1 rings (SSSR count). The molecular formula is C11H18N2O3S. The number of nitrogens with zero attached hydrogens (tertiary/aromatic N) is 1. The number of hydrogen-bond donors (Lipinski definition) is 2. The van der Waals surface area contributed by atoms with Crippen molar-refractivity contribution in [2.75, 3.05) is 18.8 Å². The largest absolute Gasteiger partial charge is 0.345 e. The molecule has 96 valence electrons. The quantitative estimate of drug-likeness (QED) is 0.698. The molecule has 0 aromatic heterocycles. The van der Waals surface area contributed by atoms with Crippen LogP contribution >= 0.6 is 12.6 Å². The number of ketones is 1. The third kappa shape index (κ3) is 4.38. The van der Waals surface area contributed by atoms with E-state index in [0.29, 0.717) is 38.1 Å². The summed E-state index contributed by atoms with van der Waals surface area (Å²) in [6, 6.07) is -0.516. The molecule has 0 spiro atoms. The van der Waals surface area contributed by atoms with Crippen LogP contribution in [0.3, 0.4) is 0 Å². The number of likely N-dealkylation sites (tertiary alicyclic amines) is 1. The van der Waals surface area contributed by atoms with Crippen LogP contribution in [0.1, 0.15) is 26.2 Å². The van der Waals surface area contributed by atoms with Gasteiger partial charge >= 0.3 is 0 Å². The molecule has 6 heteroatoms. The predicted molar refractivity (Wildman–Crippen MR) is 66.9 cm³/mol. The van der Waals surface area contributed by atoms with Gasteiger partial charge in [-0.2, -0.15) is 12.6 Å². The van der Waals surface area contributed by atoms with Gasteiger partial charge in [0.15, 0.2) is 0 Å². The Morgan fingerprint density at radius 1 is 1.41 bits per heavy atom. The standard InChI is InChI=1S/C11H18N2O3S/c1-8(14)12-10(4-7-17)11(16)13-5-2-9(15)3-6-13/h10,17H,2-7H2,1H3,(H,12,14). The van der Waals surface area contributed by atoms with Crippen LogP contribution in [0.2, 0.25) is 0 Å². The minimum absolute atomic E-state index is 0.109. The molecule has 1 aliphatic heterocycles. The van der Waals surface area contributed by atoms with Gasteiger partial charge in [-0.05, 0) is 12.2 Å². The highest BCUT2D eigenvalue weighted by molar-refractivity contribution is 7.80. The lowest BCUT2D eigenvalue weighted by Gasteiger charge is -2.30. The maximum Gasteiger partial charge on any atom is 0.245 e. The van der Waals surface area contributed by atoms with Crippen LogP contribution in [0.25, 0.3) is 0 Å². The van der Waals surface area contributed by atoms with Crippen molar-refractivity contribution in [3.8, 4) is 0 Å². The minimum Gasteiger partial charge on any atom is -0.345 e. The summed E-state index contributed by atoms with van der Waals surface area (Å²) in [5.74, 6) is 0.392. The van der Waals surface area contributed by atoms with Crippen molar-refractivity contribution in [3.05, 3.63) is 0 Å². The number of carbonyl (C=O) groups is 3. The van der Waals surface area contributed by atoms with Gasteiger partial charge in [-0.25, -0.2) is 0 Å². The third-order valence-corrected chi connectivity index (χ3v) is 2.98. The van der Waals surface area contributed by atoms with Crippen molar-refractivity contribution in [1.82, 2.24) is 10.2 Å². The Labute approximate surface area is 106 Å². The van der Waals surface area contributed by atoms with Gasteiger partial charge in [0.1, 0.15) is 11.8 Å². The van der Waals surface area contributed by atoms with Crippen molar-refractivity contribution in [3.63, 3.8) is 0 Å². The van der Waals surface area contributed by atoms with E-state index >= 15 is 0 Å². The lowest BCUT2D eigenvalue weighted by molar-refractivity contribution is -0.138. The smallest absolute Gasteiger partial charge is 0.245 e. The van der Waals surface area contributed by atoms with E-state index in [1.807, 2.05) is 0 Å². The second kappa shape index (κ2) is 6.64. The van der Waals surface area contributed by atoms with Gasteiger partial charge in [0.2, 0.25) is 11.8 Å². The highest BCUT2D eigenvalue weighted by Gasteiger charge is 2.27. The van der Waals surface area contributed by atoms with E-state index in [9.17, 15) is 14.4 Å². The minimum atomic E-state index is -0.516. The van der Waals surface area contributed by atoms with E-state index in [4.69, 9.17) is 0 Å². The van der Waals surface area contributed by atoms with Crippen LogP contribution in [0, 0.1) is 0 Å². The molecule has 0 aromatic rings. The number of hydrogen-bond acceptors (Lipinski definition) is 4. The number of amides is 2. The summed E-state index contributed by atoms with van der Waals surface area (Å²) < 4.78 is 0. The first-order valence-corrected chi connectivity index (χ1v) is 6.36. The Kier molecular flexibility index (Phi) is 5.47. The average molecular weight is 258 g/mol. The van der Waals surface area contributed by atoms with Gasteiger partial charge in [0.25, 0.3) is 0 Å². The van der Waals surface area contributed by atoms with Crippen LogP contribution < -0.4 is 5.32 Å². The second-order valence-electron chi connectivity index (χ2n) is 4.13. The Balaban J connectivity index is 2.57. The Hall–Kier alpha value is -1.04. The van der Waals surface area contributed by atoms with E-state index in [-0.39, 0.29) is 17.6 Å². The Bertz CT molecular complexity index is 310. The Morgan fingerprint density at radius 2 is 2.00 bits per heavy atom. The number of thiol groups is 1. The van der Waals surface area contributed by atoms with E-state index in [2.05, 4.69) is 17.9 Å². The highest BCUT2D eigenvalue weighted by Crippen LogP contribution is 2.09. The summed E-state index contributed by atoms with van der Waals surface area (Å²) in [7, 11) is 0. The molecule has 0 radical (unpaired) electrons. The number of carbonyl (C=O) groups excluding carboxylic acids is 3. The van der Waals surface area contributed by atoms with Gasteiger partial charge in [-0.15, -0.1) is 0 Å². The number of Topliss-reactive ketones (excluding diaryl/α,β-unsaturated/α-hetero) is 1. The molecule has 1 aliphatic rings. The van der Waals surface area contributed by atoms with Crippen molar-refractivity contribution >= 4 is 30.2 Å². The topological polar surface area (TPSA) is 66.5 Å². The lowest BCUT2D eigenvalue weighted by atomic mass is 10.1. The molecule has 0 bridgehead atoms. The summed E-state index contributed by atoms with van der Waals surface area (Å²) in [5.41, 5.74) is 0. The van der Waals surface area contributed by atoms with E-state index in [0.717, 1.165) is 0 Å². The number of piperidine rings is 1. The zero-order chi connectivity index (χ0) is 12.8. The van der Waals surface area contributed by atoms with Crippen molar-refractivity contribution in [2.45, 2.75) is 32.2 Å². The summed E-state index contributed by atoms with van der Waals surface area (Å²) in [5, 5.41) is 2.63. The number of nitrogens with one attached hydrogen (secondary N) is 1. The van der Waals surface area contributed by atoms with Gasteiger partial charge in [-0.1, -0.05) is 0 Å². The molecule has 1 atom stereocenters. The zero-order valence-electron chi connectivity index (χ0n) is 9.94. The predicted octanol–water partition coefficient (Wildman–Crippen LogP) is 0.00250. The van der Waals surface area contributed by atoms with Crippen molar-refractivity contribution < 1.29 is 14.4 Å². The summed E-state index contributed by atoms with van der Waals surface area (Å²) >= 11 is 4.08. The third-order valence-electron chi connectivity index (χ3n) is 2.73. The fraction of sp³-hybridized carbons (Fsp3) is 0.727. The molecule has 0 aromatic carbocycles. The molecule has 1 saturated heterocycles. The normalized spacial score (nSPS) is 17.8. The van der Waals surface area contributed by atoms with Crippen molar-refractivity contribution in [1.29, 1.82) is 0 Å². The molecule has 1 N–H and O–H groups in total. The summed E-state index contributed by atoms with van der Waals surface area (Å²) in [6.07, 6.45) is 1.34. The fourth-order valence-corrected chi connectivity index (χ4v) is 2.09. The maximum atomic E-state index is 12.1. The summed E-state index contributed by atoms with van der Waals surface area (Å²) in [6.45, 7) is 2.30. The molecule has 17 heavy (non-hydrogen) atoms. The SMILES string of the molecule is CC(=O)NC(CCS)C(=O)N1CCC(=O)CC1. The zero-order valence-corrected chi connectivity index (χ0v) is 10.8. The molecule has 0 aliphatic carbocycles. The van der Waals surface area contributed by atoms with Crippen LogP contribution in [0.4, 0.5) is 0 Å². The molecule has 5 nitrogen and oxygen atoms in total. The number of rotatable bonds is 4. The van der Waals surface area contributed by atoms with Gasteiger partial charge in [-0.3, -0.25) is 14.4 Å². The first-order valence-electron chi connectivity index (χ1n) is 5.73. The van der Waals surface area contributed by atoms with Crippen LogP contribution in [-0.4, -0.2) is 47.4 Å². The maximum absolute atomic E-state index is 12.1. The monoisotopic (exact) mass is 258 g/mol. The van der Waals surface area contributed by atoms with Crippen LogP contribution in [-0.2, 0) is 14.4 Å². The van der Waals surface area contributed by atoms with Crippen LogP contribution in [0.5, 0.6) is 0 Å². The molecule has 1 unspecified atom stereocenters. The molecule has 1 fully saturated rings. The van der Waals surface area contributed by atoms with Gasteiger partial charge < -0.3 is 10.2 Å². The van der Waals surface area contributed by atoms with Crippen LogP contribution in [0.15, 0.2) is 0 Å². The second-order valence-corrected chi connectivity index (χ2v) is 4.58. The van der Waals surface area contributed by atoms with Crippen molar-refractivity contribution in [2.24, 2.45) is 0 Å². The fourth-order valence-electron chi connectivity index (χ4n) is 1.83. The Morgan fingerprint density at radius 3 is 2.47 bits per heavy atom. The molecular weight excluding hydrogens is 240 g/mol. The average Bonchev–Trinajstić information content (AvgIpc) is 2.28. The highest BCUT2D eigenvalue weighted by atomic mass is 32.1. The lowest BCUT2D eigenvalue weighted by Crippen LogP contribution is -2.50. The summed E-state index contributed by atoms with van der Waals surface area (Å²) in [4.78, 5) is 35.8. The van der Waals surface area contributed by atoms with E-state index < -0.39 is 6.04 Å². The first kappa shape index (κ1) is 14.0.